The molecule has 10 rings (SSSR count). The van der Waals surface area contributed by atoms with Crippen molar-refractivity contribution in [2.45, 2.75) is 13.1 Å². The van der Waals surface area contributed by atoms with Gasteiger partial charge in [0.1, 0.15) is 8.07 Å². The van der Waals surface area contributed by atoms with E-state index < -0.39 is 8.07 Å². The van der Waals surface area contributed by atoms with Gasteiger partial charge in [-0.25, -0.2) is 15.0 Å². The molecule has 0 saturated heterocycles. The van der Waals surface area contributed by atoms with E-state index in [0.717, 1.165) is 33.2 Å². The van der Waals surface area contributed by atoms with Gasteiger partial charge in [-0.1, -0.05) is 177 Å². The Morgan fingerprint density at radius 3 is 1.64 bits per heavy atom. The molecule has 250 valence electrons. The molecule has 0 saturated carbocycles. The number of hydrogen-bond acceptors (Lipinski definition) is 3. The highest BCUT2D eigenvalue weighted by Gasteiger charge is 2.38. The number of hydrogen-bond donors (Lipinski definition) is 0. The minimum absolute atomic E-state index is 0.658. The van der Waals surface area contributed by atoms with Crippen molar-refractivity contribution < 1.29 is 0 Å². The van der Waals surface area contributed by atoms with Crippen molar-refractivity contribution in [2.24, 2.45) is 0 Å². The van der Waals surface area contributed by atoms with Crippen LogP contribution in [0.25, 0.3) is 89.1 Å². The third-order valence-corrected chi connectivity index (χ3v) is 14.5. The predicted octanol–water partition coefficient (Wildman–Crippen LogP) is 11.3. The van der Waals surface area contributed by atoms with Gasteiger partial charge in [-0.3, -0.25) is 0 Å². The van der Waals surface area contributed by atoms with Gasteiger partial charge in [0.15, 0.2) is 17.5 Å². The second-order valence-corrected chi connectivity index (χ2v) is 18.7. The molecular formula is C49H35N3Si. The first-order chi connectivity index (χ1) is 26.0. The Morgan fingerprint density at radius 1 is 0.340 bits per heavy atom. The van der Waals surface area contributed by atoms with Crippen molar-refractivity contribution in [1.82, 2.24) is 15.0 Å². The molecule has 0 atom stereocenters. The van der Waals surface area contributed by atoms with Gasteiger partial charge in [-0.15, -0.1) is 0 Å². The molecule has 1 aromatic heterocycles. The lowest BCUT2D eigenvalue weighted by Crippen LogP contribution is -2.49. The van der Waals surface area contributed by atoms with E-state index in [1.165, 1.54) is 48.8 Å². The van der Waals surface area contributed by atoms with Crippen molar-refractivity contribution in [3.8, 4) is 67.5 Å². The largest absolute Gasteiger partial charge is 0.208 e. The molecule has 9 aromatic rings. The molecule has 0 amide bonds. The lowest BCUT2D eigenvalue weighted by atomic mass is 9.94. The number of nitrogens with zero attached hydrogens (tertiary/aromatic N) is 3. The van der Waals surface area contributed by atoms with Crippen molar-refractivity contribution in [3.05, 3.63) is 176 Å². The van der Waals surface area contributed by atoms with Crippen LogP contribution < -0.4 is 10.4 Å². The van der Waals surface area contributed by atoms with Gasteiger partial charge >= 0.3 is 0 Å². The Morgan fingerprint density at radius 2 is 0.887 bits per heavy atom. The summed E-state index contributed by atoms with van der Waals surface area (Å²) in [4.78, 5) is 15.8. The van der Waals surface area contributed by atoms with Crippen LogP contribution in [0.4, 0.5) is 0 Å². The van der Waals surface area contributed by atoms with E-state index in [2.05, 4.69) is 183 Å². The van der Waals surface area contributed by atoms with Crippen LogP contribution in [0.1, 0.15) is 0 Å². The normalized spacial score (nSPS) is 12.9. The van der Waals surface area contributed by atoms with Gasteiger partial charge in [0.05, 0.1) is 0 Å². The van der Waals surface area contributed by atoms with Crippen LogP contribution in [0, 0.1) is 0 Å². The van der Waals surface area contributed by atoms with E-state index in [4.69, 9.17) is 15.0 Å². The Balaban J connectivity index is 1.18. The van der Waals surface area contributed by atoms with E-state index in [0.29, 0.717) is 17.5 Å². The Hall–Kier alpha value is -6.49. The fourth-order valence-electron chi connectivity index (χ4n) is 8.23. The highest BCUT2D eigenvalue weighted by atomic mass is 28.3. The predicted molar refractivity (Wildman–Crippen MR) is 224 cm³/mol. The molecule has 1 aliphatic heterocycles. The monoisotopic (exact) mass is 693 g/mol. The Bertz CT molecular complexity index is 2860. The fraction of sp³-hybridized carbons (Fsp3) is 0.0408. The average Bonchev–Trinajstić information content (AvgIpc) is 3.46. The van der Waals surface area contributed by atoms with Crippen molar-refractivity contribution >= 4 is 40.0 Å². The second kappa shape index (κ2) is 12.3. The minimum atomic E-state index is -2.01. The zero-order chi connectivity index (χ0) is 35.5. The van der Waals surface area contributed by atoms with Crippen LogP contribution >= 0.6 is 0 Å². The maximum atomic E-state index is 5.30. The van der Waals surface area contributed by atoms with Crippen molar-refractivity contribution in [3.63, 3.8) is 0 Å². The average molecular weight is 694 g/mol. The highest BCUT2D eigenvalue weighted by Crippen LogP contribution is 2.38. The van der Waals surface area contributed by atoms with Gasteiger partial charge in [0.25, 0.3) is 0 Å². The van der Waals surface area contributed by atoms with E-state index in [9.17, 15) is 0 Å². The minimum Gasteiger partial charge on any atom is -0.208 e. The first-order valence-electron chi connectivity index (χ1n) is 18.2. The SMILES string of the molecule is C[Si]1(C)c2cc(-c3nc(-c4cccc(-c5ccccc5)c4)nc(-c4ccc(-c5ccccc5)c5ccccc45)n3)ccc2-c2c1ccc1ccccc21. The lowest BCUT2D eigenvalue weighted by Gasteiger charge is -2.19. The molecule has 1 aliphatic rings. The van der Waals surface area contributed by atoms with Crippen LogP contribution in [0.3, 0.4) is 0 Å². The standard InChI is InChI=1S/C49H35N3Si/c1-53(2)44-29-25-34-18-9-10-21-39(34)46(44)43-26-24-37(31-45(43)53)48-50-47(36-20-13-19-35(30-36)32-14-5-3-6-15-32)51-49(52-48)42-28-27-38(33-16-7-4-8-17-33)40-22-11-12-23-41(40)42/h3-31H,1-2H3. The molecule has 4 heteroatoms. The summed E-state index contributed by atoms with van der Waals surface area (Å²) in [5, 5.41) is 7.80. The summed E-state index contributed by atoms with van der Waals surface area (Å²) >= 11 is 0. The fourth-order valence-corrected chi connectivity index (χ4v) is 11.3. The first-order valence-corrected chi connectivity index (χ1v) is 21.2. The topological polar surface area (TPSA) is 38.7 Å². The van der Waals surface area contributed by atoms with E-state index in [1.807, 2.05) is 6.07 Å². The van der Waals surface area contributed by atoms with E-state index in [1.54, 1.807) is 0 Å². The molecule has 3 nitrogen and oxygen atoms in total. The zero-order valence-corrected chi connectivity index (χ0v) is 30.6. The van der Waals surface area contributed by atoms with Crippen LogP contribution in [0.5, 0.6) is 0 Å². The summed E-state index contributed by atoms with van der Waals surface area (Å²) in [6.45, 7) is 4.94. The smallest absolute Gasteiger partial charge is 0.164 e. The molecule has 8 aromatic carbocycles. The zero-order valence-electron chi connectivity index (χ0n) is 29.6. The first kappa shape index (κ1) is 31.3. The summed E-state index contributed by atoms with van der Waals surface area (Å²) in [6, 6.07) is 62.9. The third-order valence-electron chi connectivity index (χ3n) is 10.9. The number of aromatic nitrogens is 3. The Labute approximate surface area is 310 Å². The van der Waals surface area contributed by atoms with Crippen molar-refractivity contribution in [1.29, 1.82) is 0 Å². The quantitative estimate of drug-likeness (QED) is 0.168. The van der Waals surface area contributed by atoms with Crippen LogP contribution in [-0.2, 0) is 0 Å². The summed E-state index contributed by atoms with van der Waals surface area (Å²) in [7, 11) is -2.01. The van der Waals surface area contributed by atoms with Crippen LogP contribution in [0.15, 0.2) is 176 Å². The molecule has 53 heavy (non-hydrogen) atoms. The molecule has 0 bridgehead atoms. The summed E-state index contributed by atoms with van der Waals surface area (Å²) in [5.41, 5.74) is 10.3. The summed E-state index contributed by atoms with van der Waals surface area (Å²) in [6.07, 6.45) is 0. The molecule has 2 heterocycles. The number of benzene rings is 8. The van der Waals surface area contributed by atoms with Gasteiger partial charge in [-0.05, 0) is 77.4 Å². The van der Waals surface area contributed by atoms with Gasteiger partial charge < -0.3 is 0 Å². The molecule has 0 radical (unpaired) electrons. The van der Waals surface area contributed by atoms with Crippen molar-refractivity contribution in [2.75, 3.05) is 0 Å². The number of fused-ring (bicyclic) bond motifs is 6. The van der Waals surface area contributed by atoms with Gasteiger partial charge in [-0.2, -0.15) is 0 Å². The third kappa shape index (κ3) is 5.22. The van der Waals surface area contributed by atoms with E-state index >= 15 is 0 Å². The number of rotatable bonds is 5. The lowest BCUT2D eigenvalue weighted by molar-refractivity contribution is 1.08. The van der Waals surface area contributed by atoms with Crippen LogP contribution in [-0.4, -0.2) is 23.0 Å². The van der Waals surface area contributed by atoms with Gasteiger partial charge in [0.2, 0.25) is 0 Å². The summed E-state index contributed by atoms with van der Waals surface area (Å²) < 4.78 is 0. The highest BCUT2D eigenvalue weighted by molar-refractivity contribution is 7.04. The maximum absolute atomic E-state index is 5.30. The summed E-state index contributed by atoms with van der Waals surface area (Å²) in [5.74, 6) is 2.00. The molecular weight excluding hydrogens is 659 g/mol. The maximum Gasteiger partial charge on any atom is 0.164 e. The Kier molecular flexibility index (Phi) is 7.27. The van der Waals surface area contributed by atoms with Crippen LogP contribution in [0.2, 0.25) is 13.1 Å². The molecule has 0 unspecified atom stereocenters. The molecule has 0 aliphatic carbocycles. The van der Waals surface area contributed by atoms with Gasteiger partial charge in [0, 0.05) is 16.7 Å². The van der Waals surface area contributed by atoms with E-state index in [-0.39, 0.29) is 0 Å². The second-order valence-electron chi connectivity index (χ2n) is 14.4. The molecule has 0 fully saturated rings. The molecule has 0 spiro atoms. The molecule has 0 N–H and O–H groups in total.